The lowest BCUT2D eigenvalue weighted by molar-refractivity contribution is 0.0593. The topological polar surface area (TPSA) is 67.5 Å². The van der Waals surface area contributed by atoms with Crippen LogP contribution in [-0.2, 0) is 9.47 Å². The molecule has 2 aromatic rings. The molecule has 116 valence electrons. The van der Waals surface area contributed by atoms with Gasteiger partial charge in [-0.25, -0.2) is 9.18 Å². The SMILES string of the molecule is COC(=O)c1[nH]nc(-c2ccc(F)cc2)c1N1CCOCC1. The number of hydrogen-bond donors (Lipinski definition) is 1. The molecule has 1 fully saturated rings. The van der Waals surface area contributed by atoms with Crippen LogP contribution in [0.15, 0.2) is 24.3 Å². The number of aromatic nitrogens is 2. The number of ether oxygens (including phenoxy) is 2. The minimum absolute atomic E-state index is 0.295. The van der Waals surface area contributed by atoms with Gasteiger partial charge in [0.25, 0.3) is 0 Å². The summed E-state index contributed by atoms with van der Waals surface area (Å²) >= 11 is 0. The lowest BCUT2D eigenvalue weighted by Gasteiger charge is -2.29. The normalized spacial score (nSPS) is 14.9. The smallest absolute Gasteiger partial charge is 0.358 e. The van der Waals surface area contributed by atoms with Crippen molar-refractivity contribution in [3.8, 4) is 11.3 Å². The molecule has 22 heavy (non-hydrogen) atoms. The van der Waals surface area contributed by atoms with Crippen LogP contribution >= 0.6 is 0 Å². The van der Waals surface area contributed by atoms with E-state index in [4.69, 9.17) is 9.47 Å². The van der Waals surface area contributed by atoms with Gasteiger partial charge < -0.3 is 14.4 Å². The van der Waals surface area contributed by atoms with E-state index < -0.39 is 5.97 Å². The molecule has 1 aromatic carbocycles. The van der Waals surface area contributed by atoms with Gasteiger partial charge in [-0.2, -0.15) is 5.10 Å². The Labute approximate surface area is 126 Å². The van der Waals surface area contributed by atoms with Gasteiger partial charge in [-0.15, -0.1) is 0 Å². The number of morpholine rings is 1. The second kappa shape index (κ2) is 6.15. The van der Waals surface area contributed by atoms with Gasteiger partial charge in [0.2, 0.25) is 0 Å². The molecule has 0 unspecified atom stereocenters. The van der Waals surface area contributed by atoms with Crippen LogP contribution in [0.4, 0.5) is 10.1 Å². The summed E-state index contributed by atoms with van der Waals surface area (Å²) < 4.78 is 23.3. The van der Waals surface area contributed by atoms with Gasteiger partial charge in [-0.3, -0.25) is 5.10 Å². The molecule has 1 aliphatic heterocycles. The van der Waals surface area contributed by atoms with E-state index in [1.54, 1.807) is 12.1 Å². The first-order valence-corrected chi connectivity index (χ1v) is 6.96. The first-order chi connectivity index (χ1) is 10.7. The Balaban J connectivity index is 2.07. The van der Waals surface area contributed by atoms with E-state index in [9.17, 15) is 9.18 Å². The molecule has 1 saturated heterocycles. The number of H-pyrrole nitrogens is 1. The highest BCUT2D eigenvalue weighted by molar-refractivity contribution is 5.98. The Hall–Kier alpha value is -2.41. The molecular weight excluding hydrogens is 289 g/mol. The third kappa shape index (κ3) is 2.67. The third-order valence-electron chi connectivity index (χ3n) is 3.58. The van der Waals surface area contributed by atoms with Crippen LogP contribution in [0.1, 0.15) is 10.5 Å². The summed E-state index contributed by atoms with van der Waals surface area (Å²) in [5, 5.41) is 6.96. The molecule has 0 bridgehead atoms. The lowest BCUT2D eigenvalue weighted by atomic mass is 10.1. The van der Waals surface area contributed by atoms with Crippen LogP contribution in [0.3, 0.4) is 0 Å². The summed E-state index contributed by atoms with van der Waals surface area (Å²) in [5.74, 6) is -0.803. The molecule has 1 aliphatic rings. The van der Waals surface area contributed by atoms with Gasteiger partial charge in [0.1, 0.15) is 11.5 Å². The van der Waals surface area contributed by atoms with Crippen LogP contribution in [0.25, 0.3) is 11.3 Å². The molecular formula is C15H16FN3O3. The number of nitrogens with one attached hydrogen (secondary N) is 1. The van der Waals surface area contributed by atoms with Gasteiger partial charge in [-0.05, 0) is 24.3 Å². The third-order valence-corrected chi connectivity index (χ3v) is 3.58. The van der Waals surface area contributed by atoms with Gasteiger partial charge in [0, 0.05) is 18.7 Å². The molecule has 3 rings (SSSR count). The highest BCUT2D eigenvalue weighted by atomic mass is 19.1. The second-order valence-electron chi connectivity index (χ2n) is 4.89. The number of carbonyl (C=O) groups excluding carboxylic acids is 1. The zero-order valence-electron chi connectivity index (χ0n) is 12.1. The van der Waals surface area contributed by atoms with E-state index in [1.165, 1.54) is 19.2 Å². The summed E-state index contributed by atoms with van der Waals surface area (Å²) in [5.41, 5.74) is 2.29. The van der Waals surface area contributed by atoms with Crippen molar-refractivity contribution < 1.29 is 18.7 Å². The molecule has 7 heteroatoms. The van der Waals surface area contributed by atoms with E-state index in [-0.39, 0.29) is 5.82 Å². The van der Waals surface area contributed by atoms with Crippen molar-refractivity contribution in [1.29, 1.82) is 0 Å². The minimum atomic E-state index is -0.484. The zero-order valence-corrected chi connectivity index (χ0v) is 12.1. The Morgan fingerprint density at radius 2 is 2.00 bits per heavy atom. The molecule has 1 aromatic heterocycles. The summed E-state index contributed by atoms with van der Waals surface area (Å²) in [6, 6.07) is 6.00. The van der Waals surface area contributed by atoms with Crippen molar-refractivity contribution in [3.63, 3.8) is 0 Å². The van der Waals surface area contributed by atoms with Gasteiger partial charge in [-0.1, -0.05) is 0 Å². The number of halogens is 1. The molecule has 0 radical (unpaired) electrons. The second-order valence-corrected chi connectivity index (χ2v) is 4.89. The molecule has 0 aliphatic carbocycles. The predicted molar refractivity (Wildman–Crippen MR) is 78.4 cm³/mol. The number of aromatic amines is 1. The molecule has 2 heterocycles. The Kier molecular flexibility index (Phi) is 4.06. The maximum Gasteiger partial charge on any atom is 0.358 e. The Bertz CT molecular complexity index is 663. The fraction of sp³-hybridized carbons (Fsp3) is 0.333. The maximum absolute atomic E-state index is 13.1. The maximum atomic E-state index is 13.1. The summed E-state index contributed by atoms with van der Waals surface area (Å²) in [7, 11) is 1.32. The minimum Gasteiger partial charge on any atom is -0.464 e. The number of benzene rings is 1. The largest absolute Gasteiger partial charge is 0.464 e. The average Bonchev–Trinajstić information content (AvgIpc) is 3.00. The standard InChI is InChI=1S/C15H16FN3O3/c1-21-15(20)13-14(19-6-8-22-9-7-19)12(17-18-13)10-2-4-11(16)5-3-10/h2-5H,6-9H2,1H3,(H,17,18). The molecule has 6 nitrogen and oxygen atoms in total. The van der Waals surface area contributed by atoms with E-state index in [2.05, 4.69) is 10.2 Å². The first-order valence-electron chi connectivity index (χ1n) is 6.96. The van der Waals surface area contributed by atoms with Crippen LogP contribution in [0.2, 0.25) is 0 Å². The van der Waals surface area contributed by atoms with E-state index in [1.807, 2.05) is 4.90 Å². The van der Waals surface area contributed by atoms with Crippen LogP contribution in [0, 0.1) is 5.82 Å². The number of nitrogens with zero attached hydrogens (tertiary/aromatic N) is 2. The number of carbonyl (C=O) groups is 1. The van der Waals surface area contributed by atoms with Crippen molar-refractivity contribution in [3.05, 3.63) is 35.8 Å². The number of rotatable bonds is 3. The molecule has 0 saturated carbocycles. The number of methoxy groups -OCH3 is 1. The lowest BCUT2D eigenvalue weighted by Crippen LogP contribution is -2.37. The van der Waals surface area contributed by atoms with Crippen molar-refractivity contribution >= 4 is 11.7 Å². The number of anilines is 1. The van der Waals surface area contributed by atoms with Crippen LogP contribution in [0.5, 0.6) is 0 Å². The van der Waals surface area contributed by atoms with Crippen molar-refractivity contribution in [2.45, 2.75) is 0 Å². The summed E-state index contributed by atoms with van der Waals surface area (Å²) in [6.45, 7) is 2.46. The summed E-state index contributed by atoms with van der Waals surface area (Å²) in [4.78, 5) is 14.0. The Morgan fingerprint density at radius 3 is 2.64 bits per heavy atom. The highest BCUT2D eigenvalue weighted by Gasteiger charge is 2.26. The predicted octanol–water partition coefficient (Wildman–Crippen LogP) is 1.84. The molecule has 0 amide bonds. The van der Waals surface area contributed by atoms with Crippen molar-refractivity contribution in [1.82, 2.24) is 10.2 Å². The fourth-order valence-electron chi connectivity index (χ4n) is 2.48. The Morgan fingerprint density at radius 1 is 1.32 bits per heavy atom. The van der Waals surface area contributed by atoms with Gasteiger partial charge in [0.05, 0.1) is 26.0 Å². The van der Waals surface area contributed by atoms with Gasteiger partial charge in [0.15, 0.2) is 5.69 Å². The highest BCUT2D eigenvalue weighted by Crippen LogP contribution is 2.33. The molecule has 0 atom stereocenters. The van der Waals surface area contributed by atoms with Crippen molar-refractivity contribution in [2.24, 2.45) is 0 Å². The molecule has 1 N–H and O–H groups in total. The van der Waals surface area contributed by atoms with Gasteiger partial charge >= 0.3 is 5.97 Å². The van der Waals surface area contributed by atoms with Crippen LogP contribution < -0.4 is 4.90 Å². The summed E-state index contributed by atoms with van der Waals surface area (Å²) in [6.07, 6.45) is 0. The van der Waals surface area contributed by atoms with E-state index >= 15 is 0 Å². The number of hydrogen-bond acceptors (Lipinski definition) is 5. The average molecular weight is 305 g/mol. The fourth-order valence-corrected chi connectivity index (χ4v) is 2.48. The molecule has 0 spiro atoms. The monoisotopic (exact) mass is 305 g/mol. The van der Waals surface area contributed by atoms with E-state index in [0.717, 1.165) is 5.56 Å². The number of esters is 1. The van der Waals surface area contributed by atoms with Crippen molar-refractivity contribution in [2.75, 3.05) is 38.3 Å². The van der Waals surface area contributed by atoms with Crippen LogP contribution in [-0.4, -0.2) is 49.6 Å². The quantitative estimate of drug-likeness (QED) is 0.876. The van der Waals surface area contributed by atoms with E-state index in [0.29, 0.717) is 43.4 Å². The zero-order chi connectivity index (χ0) is 15.5. The first kappa shape index (κ1) is 14.5.